The first-order valence-electron chi connectivity index (χ1n) is 18.0. The molecule has 0 radical (unpaired) electrons. The predicted molar refractivity (Wildman–Crippen MR) is 173 cm³/mol. The third-order valence-corrected chi connectivity index (χ3v) is 11.0. The number of hydroxylamine groups is 4. The lowest BCUT2D eigenvalue weighted by molar-refractivity contribution is -0.323. The van der Waals surface area contributed by atoms with Gasteiger partial charge in [0.15, 0.2) is 0 Å². The number of rotatable bonds is 11. The summed E-state index contributed by atoms with van der Waals surface area (Å²) in [4.78, 5) is 16.8. The quantitative estimate of drug-likeness (QED) is 0.229. The van der Waals surface area contributed by atoms with Gasteiger partial charge in [-0.2, -0.15) is 10.1 Å². The van der Waals surface area contributed by atoms with Gasteiger partial charge >= 0.3 is 0 Å². The number of hydrogen-bond donors (Lipinski definition) is 0. The van der Waals surface area contributed by atoms with E-state index >= 15 is 0 Å². The monoisotopic (exact) mass is 576 g/mol. The number of nitrogens with zero attached hydrogens (tertiary/aromatic N) is 3. The van der Waals surface area contributed by atoms with Crippen molar-refractivity contribution in [1.82, 2.24) is 15.0 Å². The van der Waals surface area contributed by atoms with Crippen LogP contribution in [-0.2, 0) is 9.68 Å². The van der Waals surface area contributed by atoms with Crippen molar-refractivity contribution < 1.29 is 9.68 Å². The molecular formula is C36H69N3O2. The largest absolute Gasteiger partial charge is 0.297 e. The van der Waals surface area contributed by atoms with Gasteiger partial charge in [0.2, 0.25) is 0 Å². The van der Waals surface area contributed by atoms with Crippen LogP contribution in [0.2, 0.25) is 0 Å². The van der Waals surface area contributed by atoms with E-state index in [1.807, 2.05) is 0 Å². The van der Waals surface area contributed by atoms with Gasteiger partial charge < -0.3 is 0 Å². The lowest BCUT2D eigenvalue weighted by Crippen LogP contribution is -2.68. The molecule has 4 rings (SSSR count). The van der Waals surface area contributed by atoms with Crippen LogP contribution in [0.5, 0.6) is 0 Å². The fourth-order valence-corrected chi connectivity index (χ4v) is 9.48. The Morgan fingerprint density at radius 2 is 0.902 bits per heavy atom. The summed E-state index contributed by atoms with van der Waals surface area (Å²) in [6, 6.07) is 1.16. The van der Waals surface area contributed by atoms with Crippen LogP contribution in [0.25, 0.3) is 0 Å². The van der Waals surface area contributed by atoms with Crippen molar-refractivity contribution in [3.8, 4) is 0 Å². The van der Waals surface area contributed by atoms with Gasteiger partial charge in [-0.25, -0.2) is 0 Å². The summed E-state index contributed by atoms with van der Waals surface area (Å²) < 4.78 is 0. The molecule has 0 atom stereocenters. The zero-order valence-electron chi connectivity index (χ0n) is 28.9. The number of hydrogen-bond acceptors (Lipinski definition) is 5. The molecule has 0 aromatic heterocycles. The van der Waals surface area contributed by atoms with E-state index in [4.69, 9.17) is 9.68 Å². The molecule has 4 aliphatic rings. The lowest BCUT2D eigenvalue weighted by atomic mass is 9.74. The third-order valence-electron chi connectivity index (χ3n) is 11.0. The molecule has 0 unspecified atom stereocenters. The van der Waals surface area contributed by atoms with E-state index < -0.39 is 0 Å². The van der Waals surface area contributed by atoms with Crippen molar-refractivity contribution in [3.63, 3.8) is 0 Å². The molecule has 2 heterocycles. The second-order valence-corrected chi connectivity index (χ2v) is 17.0. The third kappa shape index (κ3) is 8.50. The maximum Gasteiger partial charge on any atom is 0.0793 e. The van der Waals surface area contributed by atoms with E-state index in [2.05, 4.69) is 77.3 Å². The fraction of sp³-hybridized carbons (Fsp3) is 1.00. The molecule has 2 aliphatic heterocycles. The van der Waals surface area contributed by atoms with Crippen molar-refractivity contribution >= 4 is 0 Å². The van der Waals surface area contributed by atoms with Crippen molar-refractivity contribution in [2.45, 2.75) is 224 Å². The minimum absolute atomic E-state index is 0.0152. The Morgan fingerprint density at radius 1 is 0.537 bits per heavy atom. The van der Waals surface area contributed by atoms with E-state index in [1.54, 1.807) is 0 Å². The Balaban J connectivity index is 1.53. The Morgan fingerprint density at radius 3 is 1.24 bits per heavy atom. The second-order valence-electron chi connectivity index (χ2n) is 17.0. The van der Waals surface area contributed by atoms with Gasteiger partial charge in [-0.05, 0) is 120 Å². The highest BCUT2D eigenvalue weighted by Crippen LogP contribution is 2.46. The summed E-state index contributed by atoms with van der Waals surface area (Å²) in [5, 5.41) is 4.91. The highest BCUT2D eigenvalue weighted by Gasteiger charge is 2.53. The maximum atomic E-state index is 6.89. The van der Waals surface area contributed by atoms with Crippen LogP contribution in [-0.4, -0.2) is 68.0 Å². The number of piperidine rings is 2. The van der Waals surface area contributed by atoms with E-state index in [0.717, 1.165) is 0 Å². The molecule has 2 saturated heterocycles. The Kier molecular flexibility index (Phi) is 11.4. The summed E-state index contributed by atoms with van der Waals surface area (Å²) in [6.45, 7) is 23.2. The van der Waals surface area contributed by atoms with Crippen LogP contribution in [0.1, 0.15) is 178 Å². The van der Waals surface area contributed by atoms with Gasteiger partial charge in [-0.1, -0.05) is 64.7 Å². The molecule has 0 bridgehead atoms. The normalized spacial score (nSPS) is 28.8. The van der Waals surface area contributed by atoms with Gasteiger partial charge in [0.05, 0.1) is 12.2 Å². The summed E-state index contributed by atoms with van der Waals surface area (Å²) in [5.41, 5.74) is 0.0610. The molecule has 0 amide bonds. The first-order chi connectivity index (χ1) is 19.2. The van der Waals surface area contributed by atoms with Crippen LogP contribution in [0, 0.1) is 0 Å². The summed E-state index contributed by atoms with van der Waals surface area (Å²) in [6.07, 6.45) is 23.8. The molecule has 5 nitrogen and oxygen atoms in total. The number of unbranched alkanes of at least 4 members (excludes halogenated alkanes) is 3. The van der Waals surface area contributed by atoms with Gasteiger partial charge in [0.25, 0.3) is 0 Å². The molecular weight excluding hydrogens is 506 g/mol. The van der Waals surface area contributed by atoms with Gasteiger partial charge in [-0.15, -0.1) is 0 Å². The molecule has 2 aliphatic carbocycles. The van der Waals surface area contributed by atoms with Gasteiger partial charge in [0, 0.05) is 34.2 Å². The van der Waals surface area contributed by atoms with Gasteiger partial charge in [-0.3, -0.25) is 14.6 Å². The molecule has 0 N–H and O–H groups in total. The zero-order valence-corrected chi connectivity index (χ0v) is 28.9. The summed E-state index contributed by atoms with van der Waals surface area (Å²) >= 11 is 0. The van der Waals surface area contributed by atoms with Crippen LogP contribution < -0.4 is 0 Å². The topological polar surface area (TPSA) is 28.2 Å². The van der Waals surface area contributed by atoms with Crippen LogP contribution in [0.15, 0.2) is 0 Å². The van der Waals surface area contributed by atoms with E-state index in [9.17, 15) is 0 Å². The van der Waals surface area contributed by atoms with Crippen molar-refractivity contribution in [2.75, 3.05) is 6.54 Å². The maximum absolute atomic E-state index is 6.89. The van der Waals surface area contributed by atoms with Crippen molar-refractivity contribution in [1.29, 1.82) is 0 Å². The van der Waals surface area contributed by atoms with Crippen molar-refractivity contribution in [2.24, 2.45) is 0 Å². The Labute approximate surface area is 255 Å². The van der Waals surface area contributed by atoms with Crippen LogP contribution in [0.3, 0.4) is 0 Å². The van der Waals surface area contributed by atoms with Crippen molar-refractivity contribution in [3.05, 3.63) is 0 Å². The molecule has 5 heteroatoms. The summed E-state index contributed by atoms with van der Waals surface area (Å²) in [7, 11) is 0. The Bertz CT molecular complexity index is 701. The highest BCUT2D eigenvalue weighted by atomic mass is 16.7. The molecule has 41 heavy (non-hydrogen) atoms. The summed E-state index contributed by atoms with van der Waals surface area (Å²) in [5.74, 6) is 0. The molecule has 240 valence electrons. The molecule has 0 aromatic carbocycles. The Hall–Kier alpha value is -0.200. The average Bonchev–Trinajstić information content (AvgIpc) is 2.89. The van der Waals surface area contributed by atoms with E-state index in [0.29, 0.717) is 24.3 Å². The average molecular weight is 576 g/mol. The zero-order chi connectivity index (χ0) is 29.9. The highest BCUT2D eigenvalue weighted by molar-refractivity contribution is 5.05. The molecule has 4 fully saturated rings. The fourth-order valence-electron chi connectivity index (χ4n) is 9.48. The minimum atomic E-state index is 0.0152. The van der Waals surface area contributed by atoms with E-state index in [1.165, 1.54) is 122 Å². The van der Waals surface area contributed by atoms with Gasteiger partial charge in [0.1, 0.15) is 0 Å². The van der Waals surface area contributed by atoms with Crippen LogP contribution in [0.4, 0.5) is 0 Å². The predicted octanol–water partition coefficient (Wildman–Crippen LogP) is 9.44. The standard InChI is InChI=1S/C36H69N3O2/c1-10-11-12-19-24-37(29-25-33(2,3)38(34(4,5)26-29)40-31-20-15-13-16-21-31)30-27-35(6,7)39(36(8,9)28-30)41-32-22-17-14-18-23-32/h29-32H,10-28H2,1-9H3. The van der Waals surface area contributed by atoms with E-state index in [-0.39, 0.29) is 22.2 Å². The first-order valence-corrected chi connectivity index (χ1v) is 18.0. The second kappa shape index (κ2) is 13.8. The minimum Gasteiger partial charge on any atom is -0.297 e. The molecule has 0 aromatic rings. The lowest BCUT2D eigenvalue weighted by Gasteiger charge is -2.60. The smallest absolute Gasteiger partial charge is 0.0793 e. The molecule has 0 spiro atoms. The molecule has 2 saturated carbocycles. The first kappa shape index (κ1) is 33.7. The van der Waals surface area contributed by atoms with Crippen LogP contribution >= 0.6 is 0 Å². The SMILES string of the molecule is CCCCCCN(C1CC(C)(C)N(OC2CCCCC2)C(C)(C)C1)C1CC(C)(C)N(OC2CCCCC2)C(C)(C)C1.